The van der Waals surface area contributed by atoms with Crippen LogP contribution in [0.3, 0.4) is 0 Å². The Morgan fingerprint density at radius 1 is 1.16 bits per heavy atom. The molecule has 0 saturated heterocycles. The van der Waals surface area contributed by atoms with Gasteiger partial charge in [-0.3, -0.25) is 13.9 Å². The molecule has 1 aromatic carbocycles. The molecule has 32 heavy (non-hydrogen) atoms. The molecule has 1 aliphatic rings. The lowest BCUT2D eigenvalue weighted by Gasteiger charge is -2.33. The second-order valence-electron chi connectivity index (χ2n) is 7.80. The number of halogens is 3. The lowest BCUT2D eigenvalue weighted by atomic mass is 9.95. The molecule has 0 bridgehead atoms. The number of hydrogen-bond acceptors (Lipinski definition) is 5. The number of aryl methyl sites for hydroxylation is 2. The molecular formula is C21H18F3N7O. The molecule has 3 aromatic heterocycles. The number of hydrogen-bond donors (Lipinski definition) is 0. The molecule has 4 heterocycles. The Bertz CT molecular complexity index is 1370. The lowest BCUT2D eigenvalue weighted by molar-refractivity contribution is 0.0665. The van der Waals surface area contributed by atoms with Gasteiger partial charge < -0.3 is 4.90 Å². The van der Waals surface area contributed by atoms with Crippen molar-refractivity contribution < 1.29 is 18.0 Å². The number of carbonyl (C=O) groups is 1. The van der Waals surface area contributed by atoms with E-state index in [1.807, 2.05) is 6.92 Å². The molecule has 5 rings (SSSR count). The van der Waals surface area contributed by atoms with Gasteiger partial charge in [-0.15, -0.1) is 10.2 Å². The summed E-state index contributed by atoms with van der Waals surface area (Å²) in [5.74, 6) is -3.94. The molecule has 164 valence electrons. The highest BCUT2D eigenvalue weighted by Gasteiger charge is 2.34. The molecule has 1 amide bonds. The summed E-state index contributed by atoms with van der Waals surface area (Å²) in [7, 11) is 1.65. The van der Waals surface area contributed by atoms with Crippen LogP contribution in [-0.2, 0) is 13.5 Å². The summed E-state index contributed by atoms with van der Waals surface area (Å²) in [6.07, 6.45) is 1.86. The normalized spacial score (nSPS) is 15.9. The van der Waals surface area contributed by atoms with E-state index in [9.17, 15) is 18.0 Å². The topological polar surface area (TPSA) is 81.2 Å². The van der Waals surface area contributed by atoms with E-state index in [1.165, 1.54) is 15.4 Å². The highest BCUT2D eigenvalue weighted by molar-refractivity contribution is 5.93. The molecule has 8 nitrogen and oxygen atoms in total. The summed E-state index contributed by atoms with van der Waals surface area (Å²) in [4.78, 5) is 19.4. The van der Waals surface area contributed by atoms with Crippen molar-refractivity contribution in [2.75, 3.05) is 6.54 Å². The van der Waals surface area contributed by atoms with Crippen molar-refractivity contribution in [1.82, 2.24) is 34.3 Å². The van der Waals surface area contributed by atoms with Crippen LogP contribution in [0.2, 0.25) is 0 Å². The van der Waals surface area contributed by atoms with Crippen LogP contribution in [0.25, 0.3) is 17.0 Å². The van der Waals surface area contributed by atoms with Crippen LogP contribution in [0.5, 0.6) is 0 Å². The summed E-state index contributed by atoms with van der Waals surface area (Å²) >= 11 is 0. The number of amides is 1. The minimum Gasteiger partial charge on any atom is -0.329 e. The quantitative estimate of drug-likeness (QED) is 0.447. The van der Waals surface area contributed by atoms with E-state index in [0.29, 0.717) is 41.5 Å². The number of carbonyl (C=O) groups excluding carboxylic acids is 1. The third kappa shape index (κ3) is 2.95. The van der Waals surface area contributed by atoms with Crippen molar-refractivity contribution in [3.05, 3.63) is 64.6 Å². The van der Waals surface area contributed by atoms with E-state index in [1.54, 1.807) is 24.9 Å². The van der Waals surface area contributed by atoms with Gasteiger partial charge in [0.05, 0.1) is 17.4 Å². The molecule has 0 unspecified atom stereocenters. The summed E-state index contributed by atoms with van der Waals surface area (Å²) in [5, 5.41) is 12.3. The Kier molecular flexibility index (Phi) is 4.50. The van der Waals surface area contributed by atoms with Gasteiger partial charge in [0.1, 0.15) is 12.0 Å². The lowest BCUT2D eigenvalue weighted by Crippen LogP contribution is -2.39. The van der Waals surface area contributed by atoms with Crippen molar-refractivity contribution >= 4 is 11.7 Å². The maximum absolute atomic E-state index is 13.8. The van der Waals surface area contributed by atoms with Gasteiger partial charge in [-0.05, 0) is 38.5 Å². The average Bonchev–Trinajstić information content (AvgIpc) is 3.35. The zero-order valence-electron chi connectivity index (χ0n) is 17.5. The summed E-state index contributed by atoms with van der Waals surface area (Å²) in [5.41, 5.74) is 3.11. The van der Waals surface area contributed by atoms with Crippen LogP contribution < -0.4 is 0 Å². The molecule has 1 aliphatic heterocycles. The Morgan fingerprint density at radius 2 is 1.88 bits per heavy atom. The van der Waals surface area contributed by atoms with E-state index < -0.39 is 23.5 Å². The number of nitrogens with zero attached hydrogens (tertiary/aromatic N) is 7. The Labute approximate surface area is 180 Å². The number of aromatic nitrogens is 6. The molecule has 0 fully saturated rings. The summed E-state index contributed by atoms with van der Waals surface area (Å²) in [6.45, 7) is 3.98. The third-order valence-electron chi connectivity index (χ3n) is 5.79. The average molecular weight is 441 g/mol. The molecule has 1 atom stereocenters. The molecule has 0 saturated carbocycles. The minimum absolute atomic E-state index is 0.195. The fourth-order valence-electron chi connectivity index (χ4n) is 4.32. The first kappa shape index (κ1) is 20.2. The molecule has 0 aliphatic carbocycles. The van der Waals surface area contributed by atoms with E-state index in [2.05, 4.69) is 20.3 Å². The van der Waals surface area contributed by atoms with E-state index in [4.69, 9.17) is 0 Å². The summed E-state index contributed by atoms with van der Waals surface area (Å²) < 4.78 is 44.2. The fraction of sp³-hybridized carbons (Fsp3) is 0.286. The predicted molar refractivity (Wildman–Crippen MR) is 107 cm³/mol. The van der Waals surface area contributed by atoms with Crippen LogP contribution in [0.4, 0.5) is 13.2 Å². The zero-order valence-corrected chi connectivity index (χ0v) is 17.5. The van der Waals surface area contributed by atoms with Crippen molar-refractivity contribution in [2.45, 2.75) is 26.3 Å². The highest BCUT2D eigenvalue weighted by atomic mass is 19.2. The SMILES string of the molecule is Cc1cc(C(=O)N2CCc3c(nn(C)c3-c3cc(F)c(F)c(F)c3)[C@@H]2C)n2cnnc2n1. The van der Waals surface area contributed by atoms with Gasteiger partial charge in [-0.2, -0.15) is 5.10 Å². The first-order valence-electron chi connectivity index (χ1n) is 9.95. The predicted octanol–water partition coefficient (Wildman–Crippen LogP) is 3.01. The molecule has 0 N–H and O–H groups in total. The first-order valence-corrected chi connectivity index (χ1v) is 9.95. The Hall–Kier alpha value is -3.76. The van der Waals surface area contributed by atoms with Gasteiger partial charge in [0.2, 0.25) is 0 Å². The van der Waals surface area contributed by atoms with Gasteiger partial charge >= 0.3 is 0 Å². The standard InChI is InChI=1S/C21H18F3N7O/c1-10-6-16(31-9-25-27-21(31)26-10)20(32)30-5-4-13-18(11(30)2)28-29(3)19(13)12-7-14(22)17(24)15(23)8-12/h6-9,11H,4-5H2,1-3H3/t11-/m0/s1. The number of fused-ring (bicyclic) bond motifs is 2. The third-order valence-corrected chi connectivity index (χ3v) is 5.79. The summed E-state index contributed by atoms with van der Waals surface area (Å²) in [6, 6.07) is 3.19. The number of benzene rings is 1. The van der Waals surface area contributed by atoms with Crippen LogP contribution in [0, 0.1) is 24.4 Å². The van der Waals surface area contributed by atoms with Crippen molar-refractivity contribution in [3.63, 3.8) is 0 Å². The smallest absolute Gasteiger partial charge is 0.271 e. The van der Waals surface area contributed by atoms with Crippen LogP contribution in [0.15, 0.2) is 24.5 Å². The van der Waals surface area contributed by atoms with E-state index in [0.717, 1.165) is 17.7 Å². The monoisotopic (exact) mass is 441 g/mol. The van der Waals surface area contributed by atoms with Crippen LogP contribution >= 0.6 is 0 Å². The fourth-order valence-corrected chi connectivity index (χ4v) is 4.32. The molecule has 0 spiro atoms. The van der Waals surface area contributed by atoms with Gasteiger partial charge in [0, 0.05) is 30.4 Å². The van der Waals surface area contributed by atoms with Gasteiger partial charge in [0.15, 0.2) is 17.5 Å². The first-order chi connectivity index (χ1) is 15.3. The maximum Gasteiger partial charge on any atom is 0.271 e. The van der Waals surface area contributed by atoms with E-state index in [-0.39, 0.29) is 11.5 Å². The van der Waals surface area contributed by atoms with Gasteiger partial charge in [-0.25, -0.2) is 18.2 Å². The Balaban J connectivity index is 1.55. The zero-order chi connectivity index (χ0) is 22.7. The highest BCUT2D eigenvalue weighted by Crippen LogP contribution is 2.36. The van der Waals surface area contributed by atoms with Crippen LogP contribution in [-0.4, -0.2) is 46.7 Å². The van der Waals surface area contributed by atoms with Crippen LogP contribution in [0.1, 0.15) is 40.4 Å². The van der Waals surface area contributed by atoms with E-state index >= 15 is 0 Å². The maximum atomic E-state index is 13.8. The molecule has 11 heteroatoms. The second-order valence-corrected chi connectivity index (χ2v) is 7.80. The second kappa shape index (κ2) is 7.14. The molecule has 0 radical (unpaired) electrons. The molecular weight excluding hydrogens is 423 g/mol. The van der Waals surface area contributed by atoms with Gasteiger partial charge in [-0.1, -0.05) is 0 Å². The van der Waals surface area contributed by atoms with Gasteiger partial charge in [0.25, 0.3) is 11.7 Å². The Morgan fingerprint density at radius 3 is 2.59 bits per heavy atom. The van der Waals surface area contributed by atoms with Crippen molar-refractivity contribution in [1.29, 1.82) is 0 Å². The number of rotatable bonds is 2. The van der Waals surface area contributed by atoms with Crippen molar-refractivity contribution in [2.24, 2.45) is 7.05 Å². The largest absolute Gasteiger partial charge is 0.329 e. The minimum atomic E-state index is -1.51. The van der Waals surface area contributed by atoms with Crippen molar-refractivity contribution in [3.8, 4) is 11.3 Å². The molecule has 4 aromatic rings.